The van der Waals surface area contributed by atoms with Gasteiger partial charge >= 0.3 is 11.9 Å². The lowest BCUT2D eigenvalue weighted by atomic mass is 9.72. The van der Waals surface area contributed by atoms with Gasteiger partial charge in [-0.2, -0.15) is 0 Å². The number of carbonyl (C=O) groups is 2. The van der Waals surface area contributed by atoms with Crippen LogP contribution in [0.4, 0.5) is 0 Å². The van der Waals surface area contributed by atoms with Gasteiger partial charge in [0.15, 0.2) is 11.6 Å². The van der Waals surface area contributed by atoms with E-state index in [1.807, 2.05) is 27.7 Å². The molecule has 0 N–H and O–H groups in total. The summed E-state index contributed by atoms with van der Waals surface area (Å²) in [6, 6.07) is 0. The van der Waals surface area contributed by atoms with Gasteiger partial charge in [-0.05, 0) is 48.5 Å². The van der Waals surface area contributed by atoms with E-state index in [1.54, 1.807) is 20.8 Å². The second-order valence-corrected chi connectivity index (χ2v) is 10.2. The van der Waals surface area contributed by atoms with Gasteiger partial charge in [-0.3, -0.25) is 4.79 Å². The van der Waals surface area contributed by atoms with Crippen molar-refractivity contribution in [3.05, 3.63) is 0 Å². The lowest BCUT2D eigenvalue weighted by Gasteiger charge is -2.44. The summed E-state index contributed by atoms with van der Waals surface area (Å²) in [7, 11) is 0. The van der Waals surface area contributed by atoms with Gasteiger partial charge in [0.2, 0.25) is 6.10 Å². The van der Waals surface area contributed by atoms with Crippen LogP contribution in [0.15, 0.2) is 0 Å². The first-order valence-corrected chi connectivity index (χ1v) is 9.84. The molecule has 4 aliphatic rings. The van der Waals surface area contributed by atoms with Gasteiger partial charge in [0.25, 0.3) is 0 Å². The third-order valence-corrected chi connectivity index (χ3v) is 5.81. The minimum absolute atomic E-state index is 0.313. The van der Waals surface area contributed by atoms with E-state index < -0.39 is 64.9 Å². The molecule has 3 aliphatic heterocycles. The zero-order valence-electron chi connectivity index (χ0n) is 17.6. The number of hydrogen-bond acceptors (Lipinski definition) is 8. The molecule has 0 aromatic rings. The van der Waals surface area contributed by atoms with E-state index in [1.165, 1.54) is 0 Å². The summed E-state index contributed by atoms with van der Waals surface area (Å²) in [5, 5.41) is 0. The Kier molecular flexibility index (Phi) is 4.23. The highest BCUT2D eigenvalue weighted by Gasteiger charge is 2.70. The van der Waals surface area contributed by atoms with Crippen molar-refractivity contribution < 1.29 is 38.0 Å². The van der Waals surface area contributed by atoms with Crippen LogP contribution in [0.2, 0.25) is 0 Å². The van der Waals surface area contributed by atoms with Crippen molar-refractivity contribution in [1.82, 2.24) is 0 Å². The Bertz CT molecular complexity index is 693. The van der Waals surface area contributed by atoms with Crippen LogP contribution in [0.1, 0.15) is 54.9 Å². The monoisotopic (exact) mass is 398 g/mol. The van der Waals surface area contributed by atoms with Crippen LogP contribution in [0.25, 0.3) is 0 Å². The minimum Gasteiger partial charge on any atom is -0.459 e. The lowest BCUT2D eigenvalue weighted by Crippen LogP contribution is -2.61. The Morgan fingerprint density at radius 1 is 1.11 bits per heavy atom. The summed E-state index contributed by atoms with van der Waals surface area (Å²) in [6.45, 7) is 12.9. The van der Waals surface area contributed by atoms with Crippen LogP contribution in [0, 0.1) is 11.3 Å². The summed E-state index contributed by atoms with van der Waals surface area (Å²) in [5.74, 6) is -3.09. The van der Waals surface area contributed by atoms with Crippen molar-refractivity contribution in [1.29, 1.82) is 0 Å². The third-order valence-electron chi connectivity index (χ3n) is 5.81. The van der Waals surface area contributed by atoms with Crippen LogP contribution in [-0.2, 0) is 38.0 Å². The quantitative estimate of drug-likeness (QED) is 0.619. The lowest BCUT2D eigenvalue weighted by molar-refractivity contribution is -0.219. The van der Waals surface area contributed by atoms with Gasteiger partial charge in [0.1, 0.15) is 23.9 Å². The molecule has 1 aliphatic carbocycles. The normalized spacial score (nSPS) is 43.5. The van der Waals surface area contributed by atoms with E-state index in [0.717, 1.165) is 0 Å². The topological polar surface area (TPSA) is 89.5 Å². The molecule has 4 fully saturated rings. The fraction of sp³-hybridized carbons (Fsp3) is 0.900. The van der Waals surface area contributed by atoms with Crippen molar-refractivity contribution in [2.24, 2.45) is 11.3 Å². The molecule has 0 aromatic heterocycles. The molecule has 0 amide bonds. The van der Waals surface area contributed by atoms with E-state index in [9.17, 15) is 9.59 Å². The van der Waals surface area contributed by atoms with Gasteiger partial charge in [0.05, 0.1) is 17.9 Å². The van der Waals surface area contributed by atoms with Gasteiger partial charge < -0.3 is 28.4 Å². The maximum atomic E-state index is 12.6. The molecule has 8 nitrogen and oxygen atoms in total. The third kappa shape index (κ3) is 3.14. The zero-order valence-corrected chi connectivity index (χ0v) is 17.6. The smallest absolute Gasteiger partial charge is 0.348 e. The molecule has 3 heterocycles. The Morgan fingerprint density at radius 2 is 1.79 bits per heavy atom. The number of fused-ring (bicyclic) bond motifs is 4. The summed E-state index contributed by atoms with van der Waals surface area (Å²) < 4.78 is 35.7. The van der Waals surface area contributed by atoms with Crippen LogP contribution >= 0.6 is 0 Å². The van der Waals surface area contributed by atoms with E-state index in [0.29, 0.717) is 13.0 Å². The summed E-state index contributed by atoms with van der Waals surface area (Å²) >= 11 is 0. The van der Waals surface area contributed by atoms with Crippen molar-refractivity contribution in [3.8, 4) is 0 Å². The largest absolute Gasteiger partial charge is 0.459 e. The number of rotatable bonds is 1. The first kappa shape index (κ1) is 20.1. The number of hydrogen-bond donors (Lipinski definition) is 0. The molecule has 0 unspecified atom stereocenters. The number of ether oxygens (including phenoxy) is 6. The van der Waals surface area contributed by atoms with E-state index in [-0.39, 0.29) is 0 Å². The van der Waals surface area contributed by atoms with Crippen LogP contribution < -0.4 is 0 Å². The first-order valence-electron chi connectivity index (χ1n) is 9.84. The molecule has 0 radical (unpaired) electrons. The molecule has 4 rings (SSSR count). The Morgan fingerprint density at radius 3 is 2.36 bits per heavy atom. The molecule has 6 atom stereocenters. The molecule has 0 aromatic carbocycles. The highest BCUT2D eigenvalue weighted by Crippen LogP contribution is 2.53. The first-order chi connectivity index (χ1) is 12.7. The molecular formula is C20H30O8. The van der Waals surface area contributed by atoms with E-state index in [4.69, 9.17) is 28.4 Å². The minimum atomic E-state index is -1.02. The van der Waals surface area contributed by atoms with Crippen LogP contribution in [-0.4, -0.2) is 60.1 Å². The molecule has 3 saturated heterocycles. The molecular weight excluding hydrogens is 368 g/mol. The van der Waals surface area contributed by atoms with Crippen molar-refractivity contribution >= 4 is 11.9 Å². The number of carbonyl (C=O) groups excluding carboxylic acids is 2. The van der Waals surface area contributed by atoms with Crippen molar-refractivity contribution in [2.45, 2.75) is 96.5 Å². The Hall–Kier alpha value is -1.22. The average Bonchev–Trinajstić information content (AvgIpc) is 3.11. The van der Waals surface area contributed by atoms with Crippen LogP contribution in [0.5, 0.6) is 0 Å². The fourth-order valence-electron chi connectivity index (χ4n) is 4.65. The number of esters is 2. The maximum absolute atomic E-state index is 12.6. The standard InChI is InChI=1S/C20H30O8/c1-17(2,3)16(22)25-13-11-10(24-15(13)21)8-20(9-23-18(4,5)28-20)14-12(11)26-19(6,7)27-14/h10-14H,8-9H2,1-7H3/t10-,11-,12-,13-,14-,20+/m0/s1. The summed E-state index contributed by atoms with van der Waals surface area (Å²) in [4.78, 5) is 25.1. The Labute approximate surface area is 165 Å². The second-order valence-electron chi connectivity index (χ2n) is 10.2. The van der Waals surface area contributed by atoms with Crippen molar-refractivity contribution in [3.63, 3.8) is 0 Å². The van der Waals surface area contributed by atoms with E-state index in [2.05, 4.69) is 0 Å². The molecule has 158 valence electrons. The van der Waals surface area contributed by atoms with E-state index >= 15 is 0 Å². The predicted octanol–water partition coefficient (Wildman–Crippen LogP) is 1.93. The average molecular weight is 398 g/mol. The van der Waals surface area contributed by atoms with Crippen LogP contribution in [0.3, 0.4) is 0 Å². The maximum Gasteiger partial charge on any atom is 0.348 e. The van der Waals surface area contributed by atoms with Gasteiger partial charge in [-0.1, -0.05) is 0 Å². The van der Waals surface area contributed by atoms with Gasteiger partial charge in [0, 0.05) is 6.42 Å². The molecule has 0 bridgehead atoms. The summed E-state index contributed by atoms with van der Waals surface area (Å²) in [5.41, 5.74) is -1.52. The highest BCUT2D eigenvalue weighted by molar-refractivity contribution is 5.83. The molecule has 28 heavy (non-hydrogen) atoms. The predicted molar refractivity (Wildman–Crippen MR) is 95.0 cm³/mol. The molecule has 1 spiro atoms. The molecule has 8 heteroatoms. The second kappa shape index (κ2) is 5.90. The Balaban J connectivity index is 1.66. The van der Waals surface area contributed by atoms with Gasteiger partial charge in [-0.25, -0.2) is 4.79 Å². The van der Waals surface area contributed by atoms with Gasteiger partial charge in [-0.15, -0.1) is 0 Å². The molecule has 1 saturated carbocycles. The SMILES string of the molecule is CC1(C)O[C@H]2[C@@H]3[C@H](C[C@@]4(COC(C)(C)O4)[C@H]2O1)OC(=O)[C@H]3OC(=O)C(C)(C)C. The highest BCUT2D eigenvalue weighted by atomic mass is 16.8. The fourth-order valence-corrected chi connectivity index (χ4v) is 4.65. The summed E-state index contributed by atoms with van der Waals surface area (Å²) in [6.07, 6.45) is -2.10. The zero-order chi connectivity index (χ0) is 20.7. The van der Waals surface area contributed by atoms with Crippen molar-refractivity contribution in [2.75, 3.05) is 6.61 Å².